The van der Waals surface area contributed by atoms with Gasteiger partial charge in [-0.05, 0) is 18.9 Å². The maximum Gasteiger partial charge on any atom is 0.725 e. The van der Waals surface area contributed by atoms with Gasteiger partial charge in [0.2, 0.25) is 0 Å². The molecule has 19 heavy (non-hydrogen) atoms. The molecule has 0 N–H and O–H groups in total. The Kier molecular flexibility index (Phi) is 5.42. The molecular formula is C15H14O3Si. The monoisotopic (exact) mass is 270 g/mol. The van der Waals surface area contributed by atoms with Crippen molar-refractivity contribution in [2.75, 3.05) is 0 Å². The predicted octanol–water partition coefficient (Wildman–Crippen LogP) is 2.30. The minimum atomic E-state index is -3.20. The van der Waals surface area contributed by atoms with Gasteiger partial charge in [-0.25, -0.2) is 0 Å². The van der Waals surface area contributed by atoms with Crippen LogP contribution in [-0.2, 0) is 19.7 Å². The summed E-state index contributed by atoms with van der Waals surface area (Å²) in [4.78, 5) is 0. The summed E-state index contributed by atoms with van der Waals surface area (Å²) < 4.78 is 15.3. The van der Waals surface area contributed by atoms with Crippen molar-refractivity contribution in [1.82, 2.24) is 0 Å². The third kappa shape index (κ3) is 4.35. The molecule has 96 valence electrons. The largest absolute Gasteiger partial charge is 0.725 e. The van der Waals surface area contributed by atoms with Gasteiger partial charge < -0.3 is 13.3 Å². The summed E-state index contributed by atoms with van der Waals surface area (Å²) in [5.74, 6) is 0. The molecule has 0 aliphatic carbocycles. The lowest BCUT2D eigenvalue weighted by Gasteiger charge is -2.20. The minimum Gasteiger partial charge on any atom is -0.432 e. The summed E-state index contributed by atoms with van der Waals surface area (Å²) in [5, 5.41) is 0. The van der Waals surface area contributed by atoms with E-state index < -0.39 is 8.80 Å². The van der Waals surface area contributed by atoms with Crippen LogP contribution in [0.1, 0.15) is 11.1 Å². The van der Waals surface area contributed by atoms with Crippen LogP contribution < -0.4 is 0 Å². The third-order valence-corrected chi connectivity index (χ3v) is 4.59. The summed E-state index contributed by atoms with van der Waals surface area (Å²) in [6.45, 7) is 2.02. The summed E-state index contributed by atoms with van der Waals surface area (Å²) >= 11 is 0. The van der Waals surface area contributed by atoms with Gasteiger partial charge in [0, 0.05) is 0 Å². The molecule has 0 spiro atoms. The van der Waals surface area contributed by atoms with E-state index >= 15 is 0 Å². The van der Waals surface area contributed by atoms with Crippen LogP contribution >= 0.6 is 0 Å². The number of hydrogen-bond acceptors (Lipinski definition) is 3. The molecule has 4 heteroatoms. The molecule has 0 aromatic heterocycles. The van der Waals surface area contributed by atoms with Gasteiger partial charge >= 0.3 is 8.80 Å². The molecule has 3 nitrogen and oxygen atoms in total. The first-order chi connectivity index (χ1) is 9.15. The molecule has 0 unspecified atom stereocenters. The first-order valence-electron chi connectivity index (χ1n) is 5.62. The molecule has 0 bridgehead atoms. The molecule has 0 radical (unpaired) electrons. The highest BCUT2D eigenvalue weighted by molar-refractivity contribution is 6.61. The Balaban J connectivity index is 2.81. The third-order valence-electron chi connectivity index (χ3n) is 2.45. The minimum absolute atomic E-state index is 0.412. The first-order valence-corrected chi connectivity index (χ1v) is 7.55. The lowest BCUT2D eigenvalue weighted by atomic mass is 10.1. The highest BCUT2D eigenvalue weighted by Crippen LogP contribution is 2.18. The summed E-state index contributed by atoms with van der Waals surface area (Å²) in [6.07, 6.45) is 22.2. The average molecular weight is 270 g/mol. The van der Waals surface area contributed by atoms with Crippen molar-refractivity contribution in [3.8, 4) is 37.6 Å². The zero-order valence-corrected chi connectivity index (χ0v) is 11.7. The second-order valence-electron chi connectivity index (χ2n) is 3.83. The van der Waals surface area contributed by atoms with Gasteiger partial charge in [0.05, 0.1) is 24.4 Å². The second-order valence-corrected chi connectivity index (χ2v) is 6.31. The Morgan fingerprint density at radius 2 is 1.63 bits per heavy atom. The van der Waals surface area contributed by atoms with Gasteiger partial charge in [0.15, 0.2) is 0 Å². The molecule has 1 aromatic carbocycles. The Bertz CT molecular complexity index is 505. The Hall–Kier alpha value is -2.48. The SMILES string of the molecule is C#CO[Si](CCc1cccc(C)c1)(OC#C)OC#C. The van der Waals surface area contributed by atoms with Crippen LogP contribution in [0.3, 0.4) is 0 Å². The van der Waals surface area contributed by atoms with Crippen molar-refractivity contribution in [1.29, 1.82) is 0 Å². The standard InChI is InChI=1S/C15H14O3Si/c1-5-16-19(17-6-2,18-7-3)12-11-15-10-8-9-14(4)13-15/h1-3,8-10,13H,11-12H2,4H3. The van der Waals surface area contributed by atoms with Crippen molar-refractivity contribution >= 4 is 8.80 Å². The normalized spacial score (nSPS) is 9.58. The van der Waals surface area contributed by atoms with Crippen LogP contribution in [0.4, 0.5) is 0 Å². The van der Waals surface area contributed by atoms with Gasteiger partial charge in [0.25, 0.3) is 0 Å². The highest BCUT2D eigenvalue weighted by Gasteiger charge is 2.48. The van der Waals surface area contributed by atoms with Crippen molar-refractivity contribution in [2.24, 2.45) is 0 Å². The van der Waals surface area contributed by atoms with Crippen molar-refractivity contribution < 1.29 is 13.3 Å². The summed E-state index contributed by atoms with van der Waals surface area (Å²) in [5.41, 5.74) is 2.28. The number of terminal acetylenes is 3. The van der Waals surface area contributed by atoms with E-state index in [9.17, 15) is 0 Å². The molecule has 0 saturated carbocycles. The van der Waals surface area contributed by atoms with Gasteiger partial charge in [-0.1, -0.05) is 49.1 Å². The fourth-order valence-corrected chi connectivity index (χ4v) is 3.21. The van der Waals surface area contributed by atoms with Crippen molar-refractivity contribution in [2.45, 2.75) is 19.4 Å². The molecule has 0 fully saturated rings. The zero-order valence-electron chi connectivity index (χ0n) is 10.7. The molecule has 1 rings (SSSR count). The van der Waals surface area contributed by atoms with E-state index in [-0.39, 0.29) is 0 Å². The van der Waals surface area contributed by atoms with Gasteiger partial charge in [0.1, 0.15) is 0 Å². The van der Waals surface area contributed by atoms with Crippen LogP contribution in [0.2, 0.25) is 6.04 Å². The van der Waals surface area contributed by atoms with E-state index in [0.29, 0.717) is 12.5 Å². The number of aryl methyl sites for hydroxylation is 2. The van der Waals surface area contributed by atoms with Crippen LogP contribution in [0.5, 0.6) is 0 Å². The molecule has 0 heterocycles. The topological polar surface area (TPSA) is 27.7 Å². The molecule has 0 aliphatic heterocycles. The average Bonchev–Trinajstić information content (AvgIpc) is 2.38. The molecular weight excluding hydrogens is 256 g/mol. The number of rotatable bonds is 6. The fourth-order valence-electron chi connectivity index (χ4n) is 1.65. The van der Waals surface area contributed by atoms with Crippen LogP contribution in [0.15, 0.2) is 24.3 Å². The van der Waals surface area contributed by atoms with Crippen molar-refractivity contribution in [3.05, 3.63) is 35.4 Å². The van der Waals surface area contributed by atoms with E-state index in [2.05, 4.69) is 6.07 Å². The number of hydrogen-bond donors (Lipinski definition) is 0. The van der Waals surface area contributed by atoms with E-state index in [0.717, 1.165) is 5.56 Å². The van der Waals surface area contributed by atoms with E-state index in [1.54, 1.807) is 0 Å². The van der Waals surface area contributed by atoms with E-state index in [1.165, 1.54) is 5.56 Å². The number of benzene rings is 1. The lowest BCUT2D eigenvalue weighted by molar-refractivity contribution is 0.212. The Morgan fingerprint density at radius 1 is 1.05 bits per heavy atom. The van der Waals surface area contributed by atoms with Crippen LogP contribution in [0.25, 0.3) is 0 Å². The zero-order chi connectivity index (χ0) is 14.1. The molecule has 0 amide bonds. The second kappa shape index (κ2) is 7.06. The highest BCUT2D eigenvalue weighted by atomic mass is 28.4. The summed E-state index contributed by atoms with van der Waals surface area (Å²) in [6, 6.07) is 8.45. The molecule has 0 saturated heterocycles. The fraction of sp³-hybridized carbons (Fsp3) is 0.200. The van der Waals surface area contributed by atoms with Gasteiger partial charge in [-0.15, -0.1) is 0 Å². The first kappa shape index (κ1) is 14.6. The Morgan fingerprint density at radius 3 is 2.11 bits per heavy atom. The van der Waals surface area contributed by atoms with E-state index in [4.69, 9.17) is 32.5 Å². The lowest BCUT2D eigenvalue weighted by Crippen LogP contribution is -2.42. The maximum atomic E-state index is 5.13. The maximum absolute atomic E-state index is 5.13. The predicted molar refractivity (Wildman–Crippen MR) is 75.2 cm³/mol. The van der Waals surface area contributed by atoms with Crippen LogP contribution in [0, 0.1) is 44.5 Å². The smallest absolute Gasteiger partial charge is 0.432 e. The molecule has 0 aliphatic rings. The summed E-state index contributed by atoms with van der Waals surface area (Å²) in [7, 11) is -3.20. The Labute approximate surface area is 115 Å². The molecule has 1 aromatic rings. The molecule has 0 atom stereocenters. The van der Waals surface area contributed by atoms with Crippen molar-refractivity contribution in [3.63, 3.8) is 0 Å². The van der Waals surface area contributed by atoms with Crippen LogP contribution in [-0.4, -0.2) is 8.80 Å². The van der Waals surface area contributed by atoms with Gasteiger partial charge in [-0.3, -0.25) is 0 Å². The quantitative estimate of drug-likeness (QED) is 0.586. The van der Waals surface area contributed by atoms with E-state index in [1.807, 2.05) is 43.4 Å². The van der Waals surface area contributed by atoms with Gasteiger partial charge in [-0.2, -0.15) is 0 Å².